The van der Waals surface area contributed by atoms with Gasteiger partial charge in [0, 0.05) is 18.7 Å². The van der Waals surface area contributed by atoms with E-state index in [1.807, 2.05) is 0 Å². The smallest absolute Gasteiger partial charge is 0.405 e. The summed E-state index contributed by atoms with van der Waals surface area (Å²) in [4.78, 5) is 0. The fourth-order valence-corrected chi connectivity index (χ4v) is 2.58. The summed E-state index contributed by atoms with van der Waals surface area (Å²) >= 11 is 0. The molecule has 0 radical (unpaired) electrons. The fraction of sp³-hybridized carbons (Fsp3) is 0.529. The molecule has 6 heteroatoms. The van der Waals surface area contributed by atoms with Crippen LogP contribution in [0, 0.1) is 5.92 Å². The van der Waals surface area contributed by atoms with Gasteiger partial charge in [-0.15, -0.1) is 13.2 Å². The summed E-state index contributed by atoms with van der Waals surface area (Å²) < 4.78 is 47.5. The Morgan fingerprint density at radius 3 is 2.74 bits per heavy atom. The lowest BCUT2D eigenvalue weighted by Gasteiger charge is -2.27. The number of morpholine rings is 1. The lowest BCUT2D eigenvalue weighted by atomic mass is 9.95. The van der Waals surface area contributed by atoms with Crippen molar-refractivity contribution in [3.8, 4) is 5.75 Å². The van der Waals surface area contributed by atoms with Crippen molar-refractivity contribution < 1.29 is 22.6 Å². The number of nitrogens with one attached hydrogen (secondary N) is 1. The Morgan fingerprint density at radius 1 is 1.39 bits per heavy atom. The van der Waals surface area contributed by atoms with Gasteiger partial charge >= 0.3 is 6.36 Å². The van der Waals surface area contributed by atoms with E-state index in [4.69, 9.17) is 4.74 Å². The van der Waals surface area contributed by atoms with Gasteiger partial charge in [-0.25, -0.2) is 0 Å². The van der Waals surface area contributed by atoms with Gasteiger partial charge in [-0.2, -0.15) is 0 Å². The molecule has 0 aromatic heterocycles. The van der Waals surface area contributed by atoms with Crippen LogP contribution in [0.4, 0.5) is 13.2 Å². The summed E-state index contributed by atoms with van der Waals surface area (Å²) in [6.07, 6.45) is -2.30. The van der Waals surface area contributed by atoms with Crippen LogP contribution in [0.2, 0.25) is 0 Å². The second-order valence-electron chi connectivity index (χ2n) is 5.97. The van der Waals surface area contributed by atoms with E-state index in [-0.39, 0.29) is 11.9 Å². The number of hydrogen-bond acceptors (Lipinski definition) is 3. The Morgan fingerprint density at radius 2 is 2.13 bits per heavy atom. The Balaban J connectivity index is 2.30. The van der Waals surface area contributed by atoms with Crippen molar-refractivity contribution in [3.05, 3.63) is 35.4 Å². The van der Waals surface area contributed by atoms with Crippen molar-refractivity contribution in [1.29, 1.82) is 0 Å². The molecule has 0 saturated carbocycles. The minimum Gasteiger partial charge on any atom is -0.405 e. The predicted octanol–water partition coefficient (Wildman–Crippen LogP) is 4.00. The minimum atomic E-state index is -4.70. The van der Waals surface area contributed by atoms with Gasteiger partial charge in [-0.05, 0) is 30.1 Å². The number of halogens is 3. The van der Waals surface area contributed by atoms with Gasteiger partial charge in [0.2, 0.25) is 0 Å². The van der Waals surface area contributed by atoms with E-state index in [1.54, 1.807) is 18.2 Å². The van der Waals surface area contributed by atoms with Crippen LogP contribution in [0.15, 0.2) is 29.8 Å². The van der Waals surface area contributed by atoms with E-state index < -0.39 is 6.36 Å². The monoisotopic (exact) mass is 329 g/mol. The van der Waals surface area contributed by atoms with Crippen molar-refractivity contribution >= 4 is 6.08 Å². The molecule has 1 aromatic rings. The molecular formula is C17H22F3NO2. The molecule has 0 amide bonds. The summed E-state index contributed by atoms with van der Waals surface area (Å²) in [5, 5.41) is 3.25. The van der Waals surface area contributed by atoms with Crippen LogP contribution in [0.1, 0.15) is 25.8 Å². The first kappa shape index (κ1) is 17.8. The molecule has 1 fully saturated rings. The van der Waals surface area contributed by atoms with E-state index in [2.05, 4.69) is 23.9 Å². The maximum atomic E-state index is 12.5. The first-order valence-corrected chi connectivity index (χ1v) is 7.72. The maximum Gasteiger partial charge on any atom is 0.573 e. The van der Waals surface area contributed by atoms with E-state index >= 15 is 0 Å². The van der Waals surface area contributed by atoms with Crippen molar-refractivity contribution in [1.82, 2.24) is 5.32 Å². The van der Waals surface area contributed by atoms with E-state index in [9.17, 15) is 13.2 Å². The molecule has 1 atom stereocenters. The highest BCUT2D eigenvalue weighted by Gasteiger charge is 2.32. The lowest BCUT2D eigenvalue weighted by Crippen LogP contribution is -2.39. The Hall–Kier alpha value is -1.53. The molecular weight excluding hydrogens is 307 g/mol. The largest absolute Gasteiger partial charge is 0.573 e. The Bertz CT molecular complexity index is 535. The highest BCUT2D eigenvalue weighted by Crippen LogP contribution is 2.30. The van der Waals surface area contributed by atoms with Crippen molar-refractivity contribution in [2.45, 2.75) is 32.7 Å². The van der Waals surface area contributed by atoms with Crippen LogP contribution in [0.25, 0.3) is 6.08 Å². The molecule has 1 unspecified atom stereocenters. The van der Waals surface area contributed by atoms with Gasteiger partial charge in [-0.1, -0.05) is 32.0 Å². The first-order valence-electron chi connectivity index (χ1n) is 7.72. The summed E-state index contributed by atoms with van der Waals surface area (Å²) in [6.45, 7) is 6.20. The van der Waals surface area contributed by atoms with Crippen LogP contribution in [-0.2, 0) is 4.74 Å². The quantitative estimate of drug-likeness (QED) is 0.885. The number of benzene rings is 1. The van der Waals surface area contributed by atoms with Gasteiger partial charge in [0.25, 0.3) is 0 Å². The highest BCUT2D eigenvalue weighted by atomic mass is 19.4. The maximum absolute atomic E-state index is 12.5. The SMILES string of the molecule is CC(C)C/C(=C\c1ccccc1OC(F)(F)F)C1CNCCO1. The Kier molecular flexibility index (Phi) is 6.07. The molecule has 0 aliphatic carbocycles. The lowest BCUT2D eigenvalue weighted by molar-refractivity contribution is -0.274. The number of rotatable bonds is 5. The van der Waals surface area contributed by atoms with Gasteiger partial charge in [0.15, 0.2) is 0 Å². The van der Waals surface area contributed by atoms with Crippen LogP contribution in [0.5, 0.6) is 5.75 Å². The second kappa shape index (κ2) is 7.84. The van der Waals surface area contributed by atoms with Crippen LogP contribution in [-0.4, -0.2) is 32.2 Å². The number of ether oxygens (including phenoxy) is 2. The molecule has 0 bridgehead atoms. The third kappa shape index (κ3) is 5.88. The average molecular weight is 329 g/mol. The van der Waals surface area contributed by atoms with E-state index in [0.717, 1.165) is 18.5 Å². The third-order valence-corrected chi connectivity index (χ3v) is 3.47. The summed E-state index contributed by atoms with van der Waals surface area (Å²) in [7, 11) is 0. The fourth-order valence-electron chi connectivity index (χ4n) is 2.58. The van der Waals surface area contributed by atoms with Gasteiger partial charge in [-0.3, -0.25) is 0 Å². The zero-order chi connectivity index (χ0) is 16.9. The third-order valence-electron chi connectivity index (χ3n) is 3.47. The van der Waals surface area contributed by atoms with Crippen LogP contribution >= 0.6 is 0 Å². The Labute approximate surface area is 134 Å². The molecule has 1 aromatic carbocycles. The molecule has 2 rings (SSSR count). The zero-order valence-corrected chi connectivity index (χ0v) is 13.3. The summed E-state index contributed by atoms with van der Waals surface area (Å²) in [5.41, 5.74) is 1.39. The molecule has 1 saturated heterocycles. The molecule has 128 valence electrons. The van der Waals surface area contributed by atoms with Gasteiger partial charge in [0.05, 0.1) is 12.7 Å². The van der Waals surface area contributed by atoms with Crippen molar-refractivity contribution in [3.63, 3.8) is 0 Å². The molecule has 3 nitrogen and oxygen atoms in total. The molecule has 0 spiro atoms. The number of hydrogen-bond donors (Lipinski definition) is 1. The summed E-state index contributed by atoms with van der Waals surface area (Å²) in [5.74, 6) is 0.187. The predicted molar refractivity (Wildman–Crippen MR) is 83.2 cm³/mol. The van der Waals surface area contributed by atoms with Crippen molar-refractivity contribution in [2.24, 2.45) is 5.92 Å². The minimum absolute atomic E-state index is 0.120. The van der Waals surface area contributed by atoms with Crippen molar-refractivity contribution in [2.75, 3.05) is 19.7 Å². The number of alkyl halides is 3. The van der Waals surface area contributed by atoms with Crippen LogP contribution in [0.3, 0.4) is 0 Å². The van der Waals surface area contributed by atoms with Crippen LogP contribution < -0.4 is 10.1 Å². The van der Waals surface area contributed by atoms with Gasteiger partial charge in [0.1, 0.15) is 5.75 Å². The normalized spacial score (nSPS) is 19.9. The molecule has 1 heterocycles. The number of para-hydroxylation sites is 1. The summed E-state index contributed by atoms with van der Waals surface area (Å²) in [6, 6.07) is 6.17. The van der Waals surface area contributed by atoms with E-state index in [1.165, 1.54) is 12.1 Å². The topological polar surface area (TPSA) is 30.5 Å². The van der Waals surface area contributed by atoms with Gasteiger partial charge < -0.3 is 14.8 Å². The zero-order valence-electron chi connectivity index (χ0n) is 13.3. The average Bonchev–Trinajstić information content (AvgIpc) is 2.47. The molecule has 1 aliphatic heterocycles. The standard InChI is InChI=1S/C17H22F3NO2/c1-12(2)9-14(16-11-21-7-8-22-16)10-13-5-3-4-6-15(13)23-17(18,19)20/h3-6,10,12,16,21H,7-9,11H2,1-2H3/b14-10+. The molecule has 23 heavy (non-hydrogen) atoms. The second-order valence-corrected chi connectivity index (χ2v) is 5.97. The van der Waals surface area contributed by atoms with E-state index in [0.29, 0.717) is 24.6 Å². The first-order chi connectivity index (χ1) is 10.8. The molecule has 1 aliphatic rings. The highest BCUT2D eigenvalue weighted by molar-refractivity contribution is 5.60. The molecule has 1 N–H and O–H groups in total.